The maximum Gasteiger partial charge on any atom is 0.416 e. The zero-order valence-corrected chi connectivity index (χ0v) is 13.6. The van der Waals surface area contributed by atoms with Gasteiger partial charge in [-0.2, -0.15) is 13.2 Å². The van der Waals surface area contributed by atoms with Crippen LogP contribution in [0.1, 0.15) is 10.4 Å². The standard InChI is InChI=1S/C13H8BrF3N2S2/c14-8-3-4-21-11(8)6-19-10-2-1-7(13(15,16)17)5-9(10)18-12(19)20/h1-5H,6H2,(H,18,20). The van der Waals surface area contributed by atoms with Crippen molar-refractivity contribution in [3.63, 3.8) is 0 Å². The van der Waals surface area contributed by atoms with Gasteiger partial charge in [0.15, 0.2) is 4.77 Å². The van der Waals surface area contributed by atoms with Gasteiger partial charge in [0.1, 0.15) is 0 Å². The van der Waals surface area contributed by atoms with Gasteiger partial charge in [0.25, 0.3) is 0 Å². The molecule has 3 aromatic rings. The van der Waals surface area contributed by atoms with Gasteiger partial charge in [0.2, 0.25) is 0 Å². The second-order valence-corrected chi connectivity index (χ2v) is 6.68. The molecule has 21 heavy (non-hydrogen) atoms. The van der Waals surface area contributed by atoms with Crippen LogP contribution < -0.4 is 0 Å². The molecule has 0 bridgehead atoms. The Hall–Kier alpha value is -1.12. The summed E-state index contributed by atoms with van der Waals surface area (Å²) < 4.78 is 41.4. The van der Waals surface area contributed by atoms with Crippen LogP contribution in [0.2, 0.25) is 0 Å². The van der Waals surface area contributed by atoms with Crippen molar-refractivity contribution in [2.45, 2.75) is 12.7 Å². The fraction of sp³-hybridized carbons (Fsp3) is 0.154. The maximum atomic E-state index is 12.7. The van der Waals surface area contributed by atoms with E-state index in [2.05, 4.69) is 20.9 Å². The molecule has 0 aliphatic carbocycles. The molecule has 1 aromatic carbocycles. The molecule has 0 aliphatic rings. The fourth-order valence-electron chi connectivity index (χ4n) is 2.08. The van der Waals surface area contributed by atoms with Crippen LogP contribution in [0.5, 0.6) is 0 Å². The third-order valence-corrected chi connectivity index (χ3v) is 5.33. The summed E-state index contributed by atoms with van der Waals surface area (Å²) in [6, 6.07) is 5.54. The number of H-pyrrole nitrogens is 1. The van der Waals surface area contributed by atoms with Crippen LogP contribution in [0, 0.1) is 4.77 Å². The van der Waals surface area contributed by atoms with Crippen LogP contribution >= 0.6 is 39.5 Å². The summed E-state index contributed by atoms with van der Waals surface area (Å²) in [4.78, 5) is 3.90. The summed E-state index contributed by atoms with van der Waals surface area (Å²) in [5.74, 6) is 0. The topological polar surface area (TPSA) is 20.7 Å². The Morgan fingerprint density at radius 3 is 2.67 bits per heavy atom. The number of hydrogen-bond donors (Lipinski definition) is 1. The third kappa shape index (κ3) is 2.79. The number of hydrogen-bond acceptors (Lipinski definition) is 2. The van der Waals surface area contributed by atoms with Crippen molar-refractivity contribution in [2.75, 3.05) is 0 Å². The first-order valence-corrected chi connectivity index (χ1v) is 7.96. The highest BCUT2D eigenvalue weighted by atomic mass is 79.9. The summed E-state index contributed by atoms with van der Waals surface area (Å²) >= 11 is 10.2. The number of rotatable bonds is 2. The minimum Gasteiger partial charge on any atom is -0.331 e. The molecule has 2 heterocycles. The Morgan fingerprint density at radius 2 is 2.05 bits per heavy atom. The monoisotopic (exact) mass is 392 g/mol. The van der Waals surface area contributed by atoms with Crippen LogP contribution in [0.4, 0.5) is 13.2 Å². The molecule has 1 N–H and O–H groups in total. The lowest BCUT2D eigenvalue weighted by Gasteiger charge is -2.07. The number of aromatic nitrogens is 2. The molecule has 0 atom stereocenters. The molecule has 0 radical (unpaired) electrons. The van der Waals surface area contributed by atoms with Crippen molar-refractivity contribution >= 4 is 50.5 Å². The molecule has 2 aromatic heterocycles. The Labute approximate surface area is 135 Å². The smallest absolute Gasteiger partial charge is 0.331 e. The van der Waals surface area contributed by atoms with Crippen LogP contribution in [0.15, 0.2) is 34.1 Å². The normalized spacial score (nSPS) is 12.2. The quantitative estimate of drug-likeness (QED) is 0.563. The van der Waals surface area contributed by atoms with Gasteiger partial charge in [0, 0.05) is 9.35 Å². The number of aromatic amines is 1. The number of fused-ring (bicyclic) bond motifs is 1. The lowest BCUT2D eigenvalue weighted by molar-refractivity contribution is -0.137. The van der Waals surface area contributed by atoms with E-state index in [1.807, 2.05) is 11.4 Å². The van der Waals surface area contributed by atoms with E-state index in [1.165, 1.54) is 6.07 Å². The van der Waals surface area contributed by atoms with E-state index in [-0.39, 0.29) is 0 Å². The Kier molecular flexibility index (Phi) is 3.71. The minimum atomic E-state index is -4.36. The number of alkyl halides is 3. The molecular formula is C13H8BrF3N2S2. The molecule has 0 unspecified atom stereocenters. The number of halogens is 4. The highest BCUT2D eigenvalue weighted by Crippen LogP contribution is 2.32. The predicted octanol–water partition coefficient (Wildman–Crippen LogP) is 5.59. The van der Waals surface area contributed by atoms with E-state index in [9.17, 15) is 13.2 Å². The number of nitrogens with one attached hydrogen (secondary N) is 1. The summed E-state index contributed by atoms with van der Waals surface area (Å²) in [6.07, 6.45) is -4.36. The molecule has 0 saturated carbocycles. The lowest BCUT2D eigenvalue weighted by Crippen LogP contribution is -2.04. The molecule has 0 amide bonds. The zero-order chi connectivity index (χ0) is 15.2. The number of benzene rings is 1. The predicted molar refractivity (Wildman–Crippen MR) is 83.2 cm³/mol. The summed E-state index contributed by atoms with van der Waals surface area (Å²) in [6.45, 7) is 0.516. The molecule has 110 valence electrons. The summed E-state index contributed by atoms with van der Waals surface area (Å²) in [5, 5.41) is 1.94. The van der Waals surface area contributed by atoms with Crippen molar-refractivity contribution in [3.05, 3.63) is 49.3 Å². The van der Waals surface area contributed by atoms with E-state index in [0.29, 0.717) is 22.3 Å². The Morgan fingerprint density at radius 1 is 1.29 bits per heavy atom. The molecule has 8 heteroatoms. The van der Waals surface area contributed by atoms with Crippen LogP contribution in [0.3, 0.4) is 0 Å². The Balaban J connectivity index is 2.10. The van der Waals surface area contributed by atoms with Gasteiger partial charge in [-0.05, 0) is 57.8 Å². The van der Waals surface area contributed by atoms with Crippen molar-refractivity contribution in [1.82, 2.24) is 9.55 Å². The largest absolute Gasteiger partial charge is 0.416 e. The van der Waals surface area contributed by atoms with Crippen LogP contribution in [-0.2, 0) is 12.7 Å². The second-order valence-electron chi connectivity index (χ2n) is 4.44. The SMILES string of the molecule is FC(F)(F)c1ccc2c(c1)[nH]c(=S)n2Cc1sccc1Br. The van der Waals surface area contributed by atoms with E-state index in [0.717, 1.165) is 21.5 Å². The number of imidazole rings is 1. The first-order chi connectivity index (χ1) is 9.86. The molecule has 2 nitrogen and oxygen atoms in total. The highest BCUT2D eigenvalue weighted by molar-refractivity contribution is 9.10. The molecule has 3 rings (SSSR count). The van der Waals surface area contributed by atoms with E-state index in [1.54, 1.807) is 15.9 Å². The van der Waals surface area contributed by atoms with E-state index in [4.69, 9.17) is 12.2 Å². The van der Waals surface area contributed by atoms with Crippen molar-refractivity contribution < 1.29 is 13.2 Å². The van der Waals surface area contributed by atoms with E-state index < -0.39 is 11.7 Å². The number of nitrogens with zero attached hydrogens (tertiary/aromatic N) is 1. The van der Waals surface area contributed by atoms with Crippen LogP contribution in [-0.4, -0.2) is 9.55 Å². The first-order valence-electron chi connectivity index (χ1n) is 5.88. The second kappa shape index (κ2) is 5.26. The zero-order valence-electron chi connectivity index (χ0n) is 10.4. The maximum absolute atomic E-state index is 12.7. The van der Waals surface area contributed by atoms with Gasteiger partial charge in [-0.1, -0.05) is 0 Å². The number of thiophene rings is 1. The van der Waals surface area contributed by atoms with Crippen molar-refractivity contribution in [2.24, 2.45) is 0 Å². The van der Waals surface area contributed by atoms with Gasteiger partial charge in [-0.25, -0.2) is 0 Å². The molecular weight excluding hydrogens is 385 g/mol. The Bertz CT molecular complexity index is 860. The third-order valence-electron chi connectivity index (χ3n) is 3.09. The lowest BCUT2D eigenvalue weighted by atomic mass is 10.2. The molecule has 0 fully saturated rings. The van der Waals surface area contributed by atoms with Gasteiger partial charge in [0.05, 0.1) is 23.1 Å². The van der Waals surface area contributed by atoms with Crippen LogP contribution in [0.25, 0.3) is 11.0 Å². The van der Waals surface area contributed by atoms with Gasteiger partial charge >= 0.3 is 6.18 Å². The van der Waals surface area contributed by atoms with E-state index >= 15 is 0 Å². The summed E-state index contributed by atoms with van der Waals surface area (Å²) in [7, 11) is 0. The fourth-order valence-corrected chi connectivity index (χ4v) is 3.82. The molecule has 0 saturated heterocycles. The average molecular weight is 393 g/mol. The van der Waals surface area contributed by atoms with Crippen molar-refractivity contribution in [3.8, 4) is 0 Å². The van der Waals surface area contributed by atoms with Gasteiger partial charge in [-0.15, -0.1) is 11.3 Å². The minimum absolute atomic E-state index is 0.391. The first kappa shape index (κ1) is 14.8. The van der Waals surface area contributed by atoms with Crippen molar-refractivity contribution in [1.29, 1.82) is 0 Å². The highest BCUT2D eigenvalue weighted by Gasteiger charge is 2.30. The molecule has 0 aliphatic heterocycles. The van der Waals surface area contributed by atoms with Gasteiger partial charge in [-0.3, -0.25) is 0 Å². The van der Waals surface area contributed by atoms with Gasteiger partial charge < -0.3 is 9.55 Å². The average Bonchev–Trinajstić information content (AvgIpc) is 2.93. The summed E-state index contributed by atoms with van der Waals surface area (Å²) in [5.41, 5.74) is 0.367. The molecule has 0 spiro atoms.